The predicted molar refractivity (Wildman–Crippen MR) is 70.0 cm³/mol. The number of halogens is 1. The minimum atomic E-state index is -0.253. The van der Waals surface area contributed by atoms with E-state index in [9.17, 15) is 4.79 Å². The lowest BCUT2D eigenvalue weighted by Crippen LogP contribution is -2.03. The van der Waals surface area contributed by atoms with Gasteiger partial charge in [-0.05, 0) is 28.1 Å². The molecule has 88 valence electrons. The molecule has 6 heteroatoms. The predicted octanol–water partition coefficient (Wildman–Crippen LogP) is 2.66. The molecule has 0 bridgehead atoms. The molecule has 0 radical (unpaired) electrons. The molecular weight excluding hydrogens is 304 g/mol. The summed E-state index contributed by atoms with van der Waals surface area (Å²) in [5.74, 6) is 0.0185. The van der Waals surface area contributed by atoms with Crippen LogP contribution >= 0.6 is 27.7 Å². The van der Waals surface area contributed by atoms with Crippen molar-refractivity contribution in [1.82, 2.24) is 9.97 Å². The van der Waals surface area contributed by atoms with Crippen molar-refractivity contribution in [3.05, 3.63) is 29.0 Å². The zero-order valence-electron chi connectivity index (χ0n) is 9.01. The van der Waals surface area contributed by atoms with Crippen molar-refractivity contribution < 1.29 is 9.53 Å². The Hall–Kier alpha value is -1.14. The van der Waals surface area contributed by atoms with E-state index < -0.39 is 0 Å². The Morgan fingerprint density at radius 1 is 1.53 bits per heavy atom. The van der Waals surface area contributed by atoms with Gasteiger partial charge < -0.3 is 4.74 Å². The molecule has 2 aromatic rings. The van der Waals surface area contributed by atoms with Crippen LogP contribution in [0.15, 0.2) is 33.9 Å². The Bertz CT molecular complexity index is 562. The average Bonchev–Trinajstić information content (AvgIpc) is 2.35. The third kappa shape index (κ3) is 2.95. The third-order valence-electron chi connectivity index (χ3n) is 2.08. The number of nitrogens with zero attached hydrogens (tertiary/aromatic N) is 2. The van der Waals surface area contributed by atoms with Gasteiger partial charge in [0.25, 0.3) is 0 Å². The van der Waals surface area contributed by atoms with E-state index in [-0.39, 0.29) is 11.7 Å². The maximum absolute atomic E-state index is 11.1. The molecule has 17 heavy (non-hydrogen) atoms. The fraction of sp³-hybridized carbons (Fsp3) is 0.182. The van der Waals surface area contributed by atoms with Crippen LogP contribution in [0, 0.1) is 0 Å². The molecule has 0 aliphatic heterocycles. The number of rotatable bonds is 3. The Labute approximate surface area is 111 Å². The van der Waals surface area contributed by atoms with Crippen LogP contribution in [0.2, 0.25) is 0 Å². The molecule has 0 aliphatic carbocycles. The van der Waals surface area contributed by atoms with Gasteiger partial charge in [-0.25, -0.2) is 0 Å². The summed E-state index contributed by atoms with van der Waals surface area (Å²) in [5.41, 5.74) is 1.60. The third-order valence-corrected chi connectivity index (χ3v) is 3.53. The Morgan fingerprint density at radius 3 is 3.12 bits per heavy atom. The van der Waals surface area contributed by atoms with Gasteiger partial charge in [0.2, 0.25) is 0 Å². The first kappa shape index (κ1) is 12.3. The van der Waals surface area contributed by atoms with E-state index in [2.05, 4.69) is 30.6 Å². The monoisotopic (exact) mass is 312 g/mol. The lowest BCUT2D eigenvalue weighted by molar-refractivity contribution is -0.137. The van der Waals surface area contributed by atoms with E-state index in [0.717, 1.165) is 20.4 Å². The highest BCUT2D eigenvalue weighted by molar-refractivity contribution is 9.10. The fourth-order valence-corrected chi connectivity index (χ4v) is 2.45. The summed E-state index contributed by atoms with van der Waals surface area (Å²) in [6.07, 6.45) is 3.42. The van der Waals surface area contributed by atoms with Crippen molar-refractivity contribution in [2.24, 2.45) is 0 Å². The molecule has 0 amide bonds. The normalized spacial score (nSPS) is 10.5. The molecule has 0 aromatic carbocycles. The van der Waals surface area contributed by atoms with Crippen LogP contribution in [0.1, 0.15) is 0 Å². The van der Waals surface area contributed by atoms with Crippen molar-refractivity contribution >= 4 is 44.7 Å². The molecule has 0 N–H and O–H groups in total. The second-order valence-electron chi connectivity index (χ2n) is 3.20. The molecule has 2 rings (SSSR count). The number of fused-ring (bicyclic) bond motifs is 1. The Balaban J connectivity index is 2.31. The van der Waals surface area contributed by atoms with Gasteiger partial charge in [-0.15, -0.1) is 11.8 Å². The molecule has 0 saturated carbocycles. The molecule has 0 atom stereocenters. The molecule has 0 saturated heterocycles. The summed E-state index contributed by atoms with van der Waals surface area (Å²) in [6.45, 7) is 0. The van der Waals surface area contributed by atoms with Crippen LogP contribution in [0.25, 0.3) is 11.0 Å². The number of thioether (sulfide) groups is 1. The summed E-state index contributed by atoms with van der Waals surface area (Å²) >= 11 is 4.74. The minimum absolute atomic E-state index is 0.253. The summed E-state index contributed by atoms with van der Waals surface area (Å²) in [4.78, 5) is 20.5. The van der Waals surface area contributed by atoms with Crippen molar-refractivity contribution in [3.63, 3.8) is 0 Å². The maximum Gasteiger partial charge on any atom is 0.315 e. The van der Waals surface area contributed by atoms with Gasteiger partial charge in [-0.2, -0.15) is 0 Å². The SMILES string of the molecule is COC(=O)CSc1ccnc2cc(Br)cnc12. The van der Waals surface area contributed by atoms with Crippen molar-refractivity contribution in [2.75, 3.05) is 12.9 Å². The Morgan fingerprint density at radius 2 is 2.35 bits per heavy atom. The zero-order valence-corrected chi connectivity index (χ0v) is 11.4. The minimum Gasteiger partial charge on any atom is -0.468 e. The fourth-order valence-electron chi connectivity index (χ4n) is 1.29. The molecule has 2 aromatic heterocycles. The van der Waals surface area contributed by atoms with Gasteiger partial charge in [0, 0.05) is 21.8 Å². The number of pyridine rings is 2. The van der Waals surface area contributed by atoms with Crippen molar-refractivity contribution in [2.45, 2.75) is 4.90 Å². The van der Waals surface area contributed by atoms with Crippen LogP contribution in [0.4, 0.5) is 0 Å². The van der Waals surface area contributed by atoms with E-state index >= 15 is 0 Å². The summed E-state index contributed by atoms with van der Waals surface area (Å²) in [7, 11) is 1.38. The van der Waals surface area contributed by atoms with Crippen molar-refractivity contribution in [3.8, 4) is 0 Å². The number of carbonyl (C=O) groups excluding carboxylic acids is 1. The van der Waals surface area contributed by atoms with Crippen LogP contribution < -0.4 is 0 Å². The van der Waals surface area contributed by atoms with Crippen LogP contribution in [-0.2, 0) is 9.53 Å². The highest BCUT2D eigenvalue weighted by Crippen LogP contribution is 2.26. The lowest BCUT2D eigenvalue weighted by Gasteiger charge is -2.04. The number of carbonyl (C=O) groups is 1. The van der Waals surface area contributed by atoms with E-state index in [4.69, 9.17) is 0 Å². The van der Waals surface area contributed by atoms with E-state index in [1.54, 1.807) is 12.4 Å². The van der Waals surface area contributed by atoms with Crippen LogP contribution in [0.5, 0.6) is 0 Å². The van der Waals surface area contributed by atoms with E-state index in [1.165, 1.54) is 18.9 Å². The topological polar surface area (TPSA) is 52.1 Å². The quantitative estimate of drug-likeness (QED) is 0.644. The lowest BCUT2D eigenvalue weighted by atomic mass is 10.3. The summed E-state index contributed by atoms with van der Waals surface area (Å²) < 4.78 is 5.48. The van der Waals surface area contributed by atoms with Gasteiger partial charge in [0.05, 0.1) is 18.4 Å². The second-order valence-corrected chi connectivity index (χ2v) is 5.13. The van der Waals surface area contributed by atoms with Crippen LogP contribution in [0.3, 0.4) is 0 Å². The summed E-state index contributed by atoms with van der Waals surface area (Å²) in [6, 6.07) is 3.74. The first-order valence-corrected chi connectivity index (χ1v) is 6.58. The van der Waals surface area contributed by atoms with Gasteiger partial charge in [-0.1, -0.05) is 0 Å². The molecule has 0 fully saturated rings. The smallest absolute Gasteiger partial charge is 0.315 e. The highest BCUT2D eigenvalue weighted by atomic mass is 79.9. The maximum atomic E-state index is 11.1. The molecule has 4 nitrogen and oxygen atoms in total. The van der Waals surface area contributed by atoms with Gasteiger partial charge in [0.1, 0.15) is 5.52 Å². The molecule has 2 heterocycles. The molecular formula is C11H9BrN2O2S. The van der Waals surface area contributed by atoms with Crippen LogP contribution in [-0.4, -0.2) is 28.8 Å². The number of hydrogen-bond acceptors (Lipinski definition) is 5. The first-order chi connectivity index (χ1) is 8.20. The standard InChI is InChI=1S/C11H9BrN2O2S/c1-16-10(15)6-17-9-2-3-13-8-4-7(12)5-14-11(8)9/h2-5H,6H2,1H3. The molecule has 0 aliphatic rings. The molecule has 0 unspecified atom stereocenters. The van der Waals surface area contributed by atoms with E-state index in [0.29, 0.717) is 0 Å². The number of aromatic nitrogens is 2. The highest BCUT2D eigenvalue weighted by Gasteiger charge is 2.07. The van der Waals surface area contributed by atoms with Gasteiger partial charge >= 0.3 is 5.97 Å². The molecule has 0 spiro atoms. The van der Waals surface area contributed by atoms with Gasteiger partial charge in [-0.3, -0.25) is 14.8 Å². The number of esters is 1. The number of methoxy groups -OCH3 is 1. The largest absolute Gasteiger partial charge is 0.468 e. The van der Waals surface area contributed by atoms with E-state index in [1.807, 2.05) is 12.1 Å². The average molecular weight is 313 g/mol. The number of hydrogen-bond donors (Lipinski definition) is 0. The zero-order chi connectivity index (χ0) is 12.3. The second kappa shape index (κ2) is 5.46. The number of ether oxygens (including phenoxy) is 1. The summed E-state index contributed by atoms with van der Waals surface area (Å²) in [5, 5.41) is 0. The van der Waals surface area contributed by atoms with Crippen molar-refractivity contribution in [1.29, 1.82) is 0 Å². The first-order valence-electron chi connectivity index (χ1n) is 4.80. The van der Waals surface area contributed by atoms with Gasteiger partial charge in [0.15, 0.2) is 0 Å². The Kier molecular flexibility index (Phi) is 3.96.